The molecule has 174 valence electrons. The van der Waals surface area contributed by atoms with E-state index >= 15 is 0 Å². The largest absolute Gasteiger partial charge is 0.396 e. The summed E-state index contributed by atoms with van der Waals surface area (Å²) in [6.45, 7) is 11.8. The maximum Gasteiger partial charge on any atom is 0.252 e. The topological polar surface area (TPSA) is 99.9 Å². The Hall–Kier alpha value is -2.58. The summed E-state index contributed by atoms with van der Waals surface area (Å²) >= 11 is 0. The number of benzene rings is 1. The van der Waals surface area contributed by atoms with Gasteiger partial charge in [0.05, 0.1) is 11.6 Å². The van der Waals surface area contributed by atoms with Gasteiger partial charge in [0.15, 0.2) is 5.82 Å². The van der Waals surface area contributed by atoms with Gasteiger partial charge in [-0.2, -0.15) is 0 Å². The van der Waals surface area contributed by atoms with Crippen LogP contribution in [0.3, 0.4) is 0 Å². The summed E-state index contributed by atoms with van der Waals surface area (Å²) in [5.74, 6) is 0.810. The van der Waals surface area contributed by atoms with Crippen molar-refractivity contribution in [3.63, 3.8) is 0 Å². The normalized spacial score (nSPS) is 13.2. The van der Waals surface area contributed by atoms with Crippen molar-refractivity contribution in [2.24, 2.45) is 0 Å². The number of pyridine rings is 1. The van der Waals surface area contributed by atoms with E-state index in [0.717, 1.165) is 41.6 Å². The highest BCUT2D eigenvalue weighted by atomic mass is 16.3. The van der Waals surface area contributed by atoms with Gasteiger partial charge in [-0.05, 0) is 74.0 Å². The Labute approximate surface area is 189 Å². The Morgan fingerprint density at radius 2 is 2.03 bits per heavy atom. The molecule has 0 radical (unpaired) electrons. The van der Waals surface area contributed by atoms with E-state index in [1.807, 2.05) is 29.8 Å². The molecule has 0 aliphatic heterocycles. The minimum absolute atomic E-state index is 0.0556. The zero-order chi connectivity index (χ0) is 23.3. The van der Waals surface area contributed by atoms with Gasteiger partial charge in [0, 0.05) is 30.8 Å². The quantitative estimate of drug-likeness (QED) is 0.472. The number of aliphatic hydroxyl groups is 1. The third-order valence-corrected chi connectivity index (χ3v) is 6.29. The van der Waals surface area contributed by atoms with Crippen molar-refractivity contribution in [2.45, 2.75) is 78.4 Å². The molecule has 0 fully saturated rings. The van der Waals surface area contributed by atoms with Crippen LogP contribution in [0.5, 0.6) is 0 Å². The number of H-pyrrole nitrogens is 1. The molecule has 2 N–H and O–H groups in total. The van der Waals surface area contributed by atoms with Crippen molar-refractivity contribution in [3.8, 4) is 0 Å². The number of aryl methyl sites for hydroxylation is 1. The van der Waals surface area contributed by atoms with Crippen LogP contribution in [0.1, 0.15) is 76.4 Å². The van der Waals surface area contributed by atoms with E-state index in [1.165, 1.54) is 0 Å². The lowest BCUT2D eigenvalue weighted by molar-refractivity contribution is 0.139. The molecule has 2 heterocycles. The monoisotopic (exact) mass is 440 g/mol. The number of aromatic amines is 1. The molecule has 0 aliphatic rings. The molecule has 2 aromatic heterocycles. The molecule has 8 heteroatoms. The molecule has 0 saturated carbocycles. The summed E-state index contributed by atoms with van der Waals surface area (Å²) in [5.41, 5.74) is 2.39. The fraction of sp³-hybridized carbons (Fsp3) is 0.583. The average Bonchev–Trinajstić information content (AvgIpc) is 3.26. The number of hydrogen-bond donors (Lipinski definition) is 2. The molecule has 0 aliphatic carbocycles. The standard InChI is InChI=1S/C24H36N6O2/c1-6-9-21(22-26-27-28-30(22)24(4,5)7-2)29(12-8-13-31)16-19-15-18-14-17(3)10-11-20(18)25-23(19)32/h10-11,14-15,21,31H,6-9,12-13,16H2,1-5H3,(H,25,32). The van der Waals surface area contributed by atoms with Crippen LogP contribution < -0.4 is 5.56 Å². The maximum absolute atomic E-state index is 12.9. The lowest BCUT2D eigenvalue weighted by Gasteiger charge is -2.33. The number of hydrogen-bond acceptors (Lipinski definition) is 6. The summed E-state index contributed by atoms with van der Waals surface area (Å²) in [4.78, 5) is 18.1. The zero-order valence-electron chi connectivity index (χ0n) is 19.9. The molecule has 1 atom stereocenters. The summed E-state index contributed by atoms with van der Waals surface area (Å²) < 4.78 is 1.92. The zero-order valence-corrected chi connectivity index (χ0v) is 19.9. The van der Waals surface area contributed by atoms with Crippen LogP contribution in [0.4, 0.5) is 0 Å². The predicted octanol–water partition coefficient (Wildman–Crippen LogP) is 3.69. The Kier molecular flexibility index (Phi) is 7.79. The Balaban J connectivity index is 2.03. The molecular weight excluding hydrogens is 404 g/mol. The van der Waals surface area contributed by atoms with Gasteiger partial charge in [-0.25, -0.2) is 4.68 Å². The second-order valence-electron chi connectivity index (χ2n) is 9.18. The first-order valence-electron chi connectivity index (χ1n) is 11.6. The minimum atomic E-state index is -0.217. The molecule has 0 amide bonds. The number of nitrogens with zero attached hydrogens (tertiary/aromatic N) is 5. The lowest BCUT2D eigenvalue weighted by Crippen LogP contribution is -2.37. The van der Waals surface area contributed by atoms with Crippen LogP contribution in [0, 0.1) is 6.92 Å². The fourth-order valence-electron chi connectivity index (χ4n) is 4.06. The number of aliphatic hydroxyl groups excluding tert-OH is 1. The van der Waals surface area contributed by atoms with Gasteiger partial charge in [-0.15, -0.1) is 5.10 Å². The Morgan fingerprint density at radius 3 is 2.72 bits per heavy atom. The van der Waals surface area contributed by atoms with Crippen LogP contribution in [-0.2, 0) is 12.1 Å². The van der Waals surface area contributed by atoms with E-state index in [1.54, 1.807) is 0 Å². The van der Waals surface area contributed by atoms with Crippen molar-refractivity contribution in [1.29, 1.82) is 0 Å². The van der Waals surface area contributed by atoms with Gasteiger partial charge in [0.25, 0.3) is 5.56 Å². The maximum atomic E-state index is 12.9. The van der Waals surface area contributed by atoms with Gasteiger partial charge in [0.2, 0.25) is 0 Å². The van der Waals surface area contributed by atoms with E-state index in [9.17, 15) is 9.90 Å². The van der Waals surface area contributed by atoms with Crippen LogP contribution in [0.15, 0.2) is 29.1 Å². The highest BCUT2D eigenvalue weighted by molar-refractivity contribution is 5.79. The summed E-state index contributed by atoms with van der Waals surface area (Å²) in [6.07, 6.45) is 3.32. The third-order valence-electron chi connectivity index (χ3n) is 6.29. The molecule has 1 unspecified atom stereocenters. The molecule has 32 heavy (non-hydrogen) atoms. The number of nitrogens with one attached hydrogen (secondary N) is 1. The average molecular weight is 441 g/mol. The smallest absolute Gasteiger partial charge is 0.252 e. The Bertz CT molecular complexity index is 1090. The molecule has 0 spiro atoms. The van der Waals surface area contributed by atoms with Crippen LogP contribution in [0.2, 0.25) is 0 Å². The molecule has 8 nitrogen and oxygen atoms in total. The summed E-state index contributed by atoms with van der Waals surface area (Å²) in [7, 11) is 0. The van der Waals surface area contributed by atoms with Gasteiger partial charge in [-0.1, -0.05) is 31.9 Å². The van der Waals surface area contributed by atoms with E-state index in [4.69, 9.17) is 0 Å². The molecule has 0 bridgehead atoms. The van der Waals surface area contributed by atoms with Crippen LogP contribution in [-0.4, -0.2) is 48.3 Å². The molecule has 3 rings (SSSR count). The molecule has 1 aromatic carbocycles. The molecule has 3 aromatic rings. The second kappa shape index (κ2) is 10.4. The minimum Gasteiger partial charge on any atom is -0.396 e. The number of fused-ring (bicyclic) bond motifs is 1. The highest BCUT2D eigenvalue weighted by Gasteiger charge is 2.31. The van der Waals surface area contributed by atoms with Gasteiger partial charge >= 0.3 is 0 Å². The van der Waals surface area contributed by atoms with Gasteiger partial charge < -0.3 is 10.1 Å². The lowest BCUT2D eigenvalue weighted by atomic mass is 10.0. The van der Waals surface area contributed by atoms with Crippen molar-refractivity contribution in [3.05, 3.63) is 51.6 Å². The van der Waals surface area contributed by atoms with Crippen molar-refractivity contribution >= 4 is 10.9 Å². The van der Waals surface area contributed by atoms with Crippen molar-refractivity contribution < 1.29 is 5.11 Å². The second-order valence-corrected chi connectivity index (χ2v) is 9.18. The van der Waals surface area contributed by atoms with E-state index < -0.39 is 0 Å². The number of aromatic nitrogens is 5. The number of tetrazole rings is 1. The highest BCUT2D eigenvalue weighted by Crippen LogP contribution is 2.30. The summed E-state index contributed by atoms with van der Waals surface area (Å²) in [5, 5.41) is 23.3. The van der Waals surface area contributed by atoms with E-state index in [2.05, 4.69) is 59.2 Å². The van der Waals surface area contributed by atoms with Gasteiger partial charge in [0.1, 0.15) is 0 Å². The summed E-state index contributed by atoms with van der Waals surface area (Å²) in [6, 6.07) is 7.95. The third kappa shape index (κ3) is 5.24. The first-order valence-corrected chi connectivity index (χ1v) is 11.6. The fourth-order valence-corrected chi connectivity index (χ4v) is 4.06. The first kappa shape index (κ1) is 24.1. The van der Waals surface area contributed by atoms with E-state index in [0.29, 0.717) is 25.1 Å². The SMILES string of the molecule is CCCC(c1nnnn1C(C)(C)CC)N(CCCO)Cc1cc2cc(C)ccc2[nH]c1=O. The van der Waals surface area contributed by atoms with Crippen LogP contribution >= 0.6 is 0 Å². The van der Waals surface area contributed by atoms with Crippen LogP contribution in [0.25, 0.3) is 10.9 Å². The first-order chi connectivity index (χ1) is 15.3. The molecular formula is C24H36N6O2. The van der Waals surface area contributed by atoms with E-state index in [-0.39, 0.29) is 23.7 Å². The predicted molar refractivity (Wildman–Crippen MR) is 126 cm³/mol. The van der Waals surface area contributed by atoms with Gasteiger partial charge in [-0.3, -0.25) is 9.69 Å². The van der Waals surface area contributed by atoms with Crippen molar-refractivity contribution in [2.75, 3.05) is 13.2 Å². The number of rotatable bonds is 11. The Morgan fingerprint density at radius 1 is 1.25 bits per heavy atom. The molecule has 0 saturated heterocycles. The van der Waals surface area contributed by atoms with Crippen molar-refractivity contribution in [1.82, 2.24) is 30.1 Å².